The molecule has 1 heterocycles. The summed E-state index contributed by atoms with van der Waals surface area (Å²) in [4.78, 5) is 29.2. The van der Waals surface area contributed by atoms with Gasteiger partial charge in [0, 0.05) is 13.7 Å². The first kappa shape index (κ1) is 26.6. The molecule has 5 rings (SSSR count). The fraction of sp³-hybridized carbons (Fsp3) is 0.273. The monoisotopic (exact) mass is 521 g/mol. The van der Waals surface area contributed by atoms with Crippen molar-refractivity contribution in [3.05, 3.63) is 108 Å². The summed E-state index contributed by atoms with van der Waals surface area (Å²) in [7, 11) is 1.58. The molecule has 4 aromatic rings. The Morgan fingerprint density at radius 2 is 1.54 bits per heavy atom. The molecule has 4 aromatic carbocycles. The van der Waals surface area contributed by atoms with Crippen LogP contribution in [0.3, 0.4) is 0 Å². The first-order valence-corrected chi connectivity index (χ1v) is 13.6. The van der Waals surface area contributed by atoms with Crippen molar-refractivity contribution < 1.29 is 14.3 Å². The van der Waals surface area contributed by atoms with Crippen molar-refractivity contribution in [3.8, 4) is 11.1 Å². The van der Waals surface area contributed by atoms with Crippen LogP contribution >= 0.6 is 0 Å². The highest BCUT2D eigenvalue weighted by Gasteiger charge is 2.44. The van der Waals surface area contributed by atoms with Crippen LogP contribution in [0.25, 0.3) is 21.9 Å². The lowest BCUT2D eigenvalue weighted by Gasteiger charge is -2.41. The number of carbonyl (C=O) groups excluding carboxylic acids is 2. The van der Waals surface area contributed by atoms with Gasteiger partial charge in [0.25, 0.3) is 0 Å². The first-order valence-electron chi connectivity index (χ1n) is 13.6. The summed E-state index contributed by atoms with van der Waals surface area (Å²) in [5.74, 6) is -0.292. The third-order valence-electron chi connectivity index (χ3n) is 7.53. The van der Waals surface area contributed by atoms with Crippen molar-refractivity contribution in [2.24, 2.45) is 5.73 Å². The summed E-state index contributed by atoms with van der Waals surface area (Å²) in [6.45, 7) is 0.902. The van der Waals surface area contributed by atoms with E-state index < -0.39 is 18.2 Å². The molecule has 3 atom stereocenters. The van der Waals surface area contributed by atoms with E-state index in [1.807, 2.05) is 72.8 Å². The fourth-order valence-electron chi connectivity index (χ4n) is 5.43. The third-order valence-corrected chi connectivity index (χ3v) is 7.53. The van der Waals surface area contributed by atoms with Crippen LogP contribution in [-0.2, 0) is 20.9 Å². The van der Waals surface area contributed by atoms with Crippen LogP contribution in [0.2, 0.25) is 0 Å². The number of ether oxygens (including phenoxy) is 1. The predicted molar refractivity (Wildman–Crippen MR) is 155 cm³/mol. The van der Waals surface area contributed by atoms with E-state index in [4.69, 9.17) is 10.5 Å². The van der Waals surface area contributed by atoms with Gasteiger partial charge in [-0.25, -0.2) is 0 Å². The molecule has 1 aliphatic rings. The lowest BCUT2D eigenvalue weighted by atomic mass is 9.93. The number of nitrogens with one attached hydrogen (secondary N) is 1. The van der Waals surface area contributed by atoms with Crippen molar-refractivity contribution in [2.45, 2.75) is 44.0 Å². The summed E-state index contributed by atoms with van der Waals surface area (Å²) >= 11 is 0. The smallest absolute Gasteiger partial charge is 0.249 e. The Kier molecular flexibility index (Phi) is 8.35. The van der Waals surface area contributed by atoms with Gasteiger partial charge < -0.3 is 20.7 Å². The first-order chi connectivity index (χ1) is 19.1. The van der Waals surface area contributed by atoms with E-state index in [1.165, 1.54) is 0 Å². The number of nitrogens with two attached hydrogens (primary N) is 1. The molecule has 0 aliphatic carbocycles. The molecule has 3 unspecified atom stereocenters. The molecular weight excluding hydrogens is 486 g/mol. The molecule has 0 radical (unpaired) electrons. The molecule has 1 fully saturated rings. The number of fused-ring (bicyclic) bond motifs is 1. The summed E-state index contributed by atoms with van der Waals surface area (Å²) < 4.78 is 5.86. The van der Waals surface area contributed by atoms with Gasteiger partial charge in [-0.2, -0.15) is 0 Å². The number of unbranched alkanes of at least 4 members (excludes halogenated alkanes) is 1. The molecule has 3 N–H and O–H groups in total. The molecule has 6 heteroatoms. The molecule has 0 aromatic heterocycles. The van der Waals surface area contributed by atoms with E-state index in [2.05, 4.69) is 29.6 Å². The van der Waals surface area contributed by atoms with Crippen LogP contribution in [0.5, 0.6) is 0 Å². The zero-order valence-electron chi connectivity index (χ0n) is 22.3. The number of carbonyl (C=O) groups is 2. The standard InChI is InChI=1S/C33H35N3O3/c1-39-31(28-19-18-25-11-5-6-12-27(25)21-28)30-33(38)36(29(32(37)35-30)13-7-8-20-34)22-23-14-16-26(17-15-23)24-9-3-2-4-10-24/h2-6,9-12,14-19,21,29-31H,7-8,13,20,22,34H2,1H3,(H,35,37). The van der Waals surface area contributed by atoms with Gasteiger partial charge in [-0.1, -0.05) is 91.0 Å². The van der Waals surface area contributed by atoms with Gasteiger partial charge in [-0.15, -0.1) is 0 Å². The number of benzene rings is 4. The zero-order valence-corrected chi connectivity index (χ0v) is 22.3. The van der Waals surface area contributed by atoms with Crippen LogP contribution in [0, 0.1) is 0 Å². The average molecular weight is 522 g/mol. The molecule has 1 saturated heterocycles. The maximum absolute atomic E-state index is 14.1. The summed E-state index contributed by atoms with van der Waals surface area (Å²) in [5.41, 5.74) is 9.78. The van der Waals surface area contributed by atoms with Crippen molar-refractivity contribution >= 4 is 22.6 Å². The number of hydrogen-bond acceptors (Lipinski definition) is 4. The quantitative estimate of drug-likeness (QED) is 0.280. The van der Waals surface area contributed by atoms with E-state index in [0.29, 0.717) is 19.5 Å². The second-order valence-corrected chi connectivity index (χ2v) is 10.1. The highest BCUT2D eigenvalue weighted by molar-refractivity contribution is 5.97. The number of nitrogens with zero attached hydrogens (tertiary/aromatic N) is 1. The molecule has 0 bridgehead atoms. The maximum atomic E-state index is 14.1. The minimum atomic E-state index is -0.821. The number of amides is 2. The molecule has 1 aliphatic heterocycles. The van der Waals surface area contributed by atoms with Gasteiger partial charge in [0.15, 0.2) is 0 Å². The van der Waals surface area contributed by atoms with E-state index in [-0.39, 0.29) is 11.8 Å². The Morgan fingerprint density at radius 1 is 0.846 bits per heavy atom. The SMILES string of the molecule is COC(c1ccc2ccccc2c1)C1NC(=O)C(CCCCN)N(Cc2ccc(-c3ccccc3)cc2)C1=O. The van der Waals surface area contributed by atoms with Gasteiger partial charge in [0.1, 0.15) is 18.2 Å². The maximum Gasteiger partial charge on any atom is 0.249 e. The molecule has 200 valence electrons. The van der Waals surface area contributed by atoms with Crippen molar-refractivity contribution in [1.29, 1.82) is 0 Å². The van der Waals surface area contributed by atoms with Crippen LogP contribution in [0.1, 0.15) is 36.5 Å². The molecule has 6 nitrogen and oxygen atoms in total. The Bertz CT molecular complexity index is 1420. The van der Waals surface area contributed by atoms with Crippen LogP contribution in [-0.4, -0.2) is 42.5 Å². The van der Waals surface area contributed by atoms with Crippen LogP contribution in [0.15, 0.2) is 97.1 Å². The van der Waals surface area contributed by atoms with Crippen molar-refractivity contribution in [3.63, 3.8) is 0 Å². The topological polar surface area (TPSA) is 84.7 Å². The van der Waals surface area contributed by atoms with Crippen LogP contribution < -0.4 is 11.1 Å². The van der Waals surface area contributed by atoms with E-state index in [0.717, 1.165) is 45.9 Å². The second-order valence-electron chi connectivity index (χ2n) is 10.1. The van der Waals surface area contributed by atoms with Gasteiger partial charge in [0.05, 0.1) is 0 Å². The Balaban J connectivity index is 1.42. The summed E-state index contributed by atoms with van der Waals surface area (Å²) in [6.07, 6.45) is 1.53. The summed E-state index contributed by atoms with van der Waals surface area (Å²) in [6, 6.07) is 31.1. The zero-order chi connectivity index (χ0) is 27.2. The minimum Gasteiger partial charge on any atom is -0.374 e. The van der Waals surface area contributed by atoms with Gasteiger partial charge in [-0.05, 0) is 64.9 Å². The second kappa shape index (κ2) is 12.2. The van der Waals surface area contributed by atoms with Gasteiger partial charge >= 0.3 is 0 Å². The lowest BCUT2D eigenvalue weighted by Crippen LogP contribution is -2.64. The van der Waals surface area contributed by atoms with Gasteiger partial charge in [0.2, 0.25) is 11.8 Å². The Hall–Kier alpha value is -4.00. The fourth-order valence-corrected chi connectivity index (χ4v) is 5.43. The Labute approximate surface area is 229 Å². The molecule has 0 saturated carbocycles. The number of methoxy groups -OCH3 is 1. The average Bonchev–Trinajstić information content (AvgIpc) is 2.98. The molecular formula is C33H35N3O3. The number of hydrogen-bond donors (Lipinski definition) is 2. The van der Waals surface area contributed by atoms with E-state index in [1.54, 1.807) is 12.0 Å². The number of piperazine rings is 1. The lowest BCUT2D eigenvalue weighted by molar-refractivity contribution is -0.154. The minimum absolute atomic E-state index is 0.139. The van der Waals surface area contributed by atoms with E-state index >= 15 is 0 Å². The van der Waals surface area contributed by atoms with Gasteiger partial charge in [-0.3, -0.25) is 9.59 Å². The highest BCUT2D eigenvalue weighted by Crippen LogP contribution is 2.30. The van der Waals surface area contributed by atoms with Crippen molar-refractivity contribution in [2.75, 3.05) is 13.7 Å². The normalized spacial score (nSPS) is 18.3. The molecule has 0 spiro atoms. The van der Waals surface area contributed by atoms with Crippen molar-refractivity contribution in [1.82, 2.24) is 10.2 Å². The largest absolute Gasteiger partial charge is 0.374 e. The predicted octanol–water partition coefficient (Wildman–Crippen LogP) is 5.22. The van der Waals surface area contributed by atoms with Crippen LogP contribution in [0.4, 0.5) is 0 Å². The van der Waals surface area contributed by atoms with E-state index in [9.17, 15) is 9.59 Å². The number of rotatable bonds is 10. The highest BCUT2D eigenvalue weighted by atomic mass is 16.5. The summed E-state index contributed by atoms with van der Waals surface area (Å²) in [5, 5.41) is 5.16. The molecule has 39 heavy (non-hydrogen) atoms. The Morgan fingerprint density at radius 3 is 2.26 bits per heavy atom. The third kappa shape index (κ3) is 5.87. The molecule has 2 amide bonds.